The van der Waals surface area contributed by atoms with Crippen molar-refractivity contribution in [2.75, 3.05) is 13.1 Å². The van der Waals surface area contributed by atoms with Crippen LogP contribution in [0.2, 0.25) is 0 Å². The number of allylic oxidation sites excluding steroid dienone is 4. The van der Waals surface area contributed by atoms with Gasteiger partial charge in [0.25, 0.3) is 0 Å². The summed E-state index contributed by atoms with van der Waals surface area (Å²) in [7, 11) is 0. The molecule has 10 aliphatic carbocycles. The van der Waals surface area contributed by atoms with Gasteiger partial charge >= 0.3 is 6.09 Å². The predicted molar refractivity (Wildman–Crippen MR) is 201 cm³/mol. The first-order chi connectivity index (χ1) is 25.0. The molecule has 3 spiro atoms. The number of aliphatic hydroxyl groups excluding tert-OH is 1. The van der Waals surface area contributed by atoms with Gasteiger partial charge in [0.2, 0.25) is 0 Å². The molecule has 8 fully saturated rings. The van der Waals surface area contributed by atoms with Crippen molar-refractivity contribution >= 4 is 11.9 Å². The van der Waals surface area contributed by atoms with Crippen molar-refractivity contribution in [3.8, 4) is 11.1 Å². The Morgan fingerprint density at radius 1 is 0.808 bits per heavy atom. The summed E-state index contributed by atoms with van der Waals surface area (Å²) in [6.07, 6.45) is 21.2. The van der Waals surface area contributed by atoms with Gasteiger partial charge in [-0.25, -0.2) is 4.79 Å². The molecule has 2 aromatic carbocycles. The molecule has 7 saturated carbocycles. The molecule has 1 saturated heterocycles. The smallest absolute Gasteiger partial charge is 0.410 e. The van der Waals surface area contributed by atoms with Crippen molar-refractivity contribution < 1.29 is 19.4 Å². The molecule has 1 heterocycles. The van der Waals surface area contributed by atoms with Crippen LogP contribution in [-0.4, -0.2) is 46.7 Å². The van der Waals surface area contributed by atoms with Crippen LogP contribution < -0.4 is 0 Å². The van der Waals surface area contributed by atoms with Gasteiger partial charge in [-0.1, -0.05) is 86.7 Å². The van der Waals surface area contributed by atoms with E-state index in [4.69, 9.17) is 4.74 Å². The van der Waals surface area contributed by atoms with Gasteiger partial charge in [-0.15, -0.1) is 0 Å². The zero-order chi connectivity index (χ0) is 35.3. The fourth-order valence-corrected chi connectivity index (χ4v) is 16.1. The maximum Gasteiger partial charge on any atom is 0.410 e. The Labute approximate surface area is 309 Å². The minimum Gasteiger partial charge on any atom is -0.440 e. The van der Waals surface area contributed by atoms with E-state index in [2.05, 4.69) is 55.2 Å². The molecule has 272 valence electrons. The molecular weight excluding hydrogens is 643 g/mol. The van der Waals surface area contributed by atoms with E-state index in [0.29, 0.717) is 18.9 Å². The maximum absolute atomic E-state index is 15.5. The third-order valence-electron chi connectivity index (χ3n) is 17.9. The zero-order valence-electron chi connectivity index (χ0n) is 31.1. The Hall–Kier alpha value is -3.18. The van der Waals surface area contributed by atoms with Crippen LogP contribution in [0.15, 0.2) is 78.4 Å². The van der Waals surface area contributed by atoms with Crippen LogP contribution in [0.4, 0.5) is 4.79 Å². The molecule has 1 amide bonds. The average molecular weight is 698 g/mol. The van der Waals surface area contributed by atoms with E-state index >= 15 is 4.79 Å². The van der Waals surface area contributed by atoms with Crippen LogP contribution in [0.1, 0.15) is 108 Å². The number of carbonyl (C=O) groups excluding carboxylic acids is 2. The van der Waals surface area contributed by atoms with Crippen LogP contribution in [0.3, 0.4) is 0 Å². The first kappa shape index (κ1) is 32.3. The molecule has 52 heavy (non-hydrogen) atoms. The lowest BCUT2D eigenvalue weighted by Crippen LogP contribution is -2.67. The van der Waals surface area contributed by atoms with E-state index in [1.54, 1.807) is 0 Å². The number of amides is 1. The number of benzene rings is 2. The summed E-state index contributed by atoms with van der Waals surface area (Å²) < 4.78 is 6.82. The minimum atomic E-state index is -0.531. The number of Topliss-reactive ketones (excluding diaryl/α,β-unsaturated/α-hetero) is 1. The quantitative estimate of drug-likeness (QED) is 0.250. The van der Waals surface area contributed by atoms with Crippen LogP contribution in [0.5, 0.6) is 0 Å². The van der Waals surface area contributed by atoms with E-state index < -0.39 is 11.0 Å². The van der Waals surface area contributed by atoms with Crippen molar-refractivity contribution in [2.45, 2.75) is 109 Å². The lowest BCUT2D eigenvalue weighted by molar-refractivity contribution is -0.164. The molecular formula is C47H55NO4. The SMILES string of the molecule is C[C@]12CC[C@H]3[C@]4(C=C[C@@]5(C=C4C(=O)c4ccccc4-c4ccccc4)C[C@@H](O)CC[C@]35C)[C@@H]1CC[C@@]21CN(CC23CC4CC(CC(C4)C2)C3)C(=O)O1. The van der Waals surface area contributed by atoms with Crippen LogP contribution in [0, 0.1) is 56.7 Å². The van der Waals surface area contributed by atoms with Crippen molar-refractivity contribution in [1.29, 1.82) is 0 Å². The lowest BCUT2D eigenvalue weighted by atomic mass is 9.32. The minimum absolute atomic E-state index is 0.0440. The fraction of sp³-hybridized carbons (Fsp3) is 0.617. The van der Waals surface area contributed by atoms with Gasteiger partial charge in [0.05, 0.1) is 12.6 Å². The molecule has 0 unspecified atom stereocenters. The van der Waals surface area contributed by atoms with Gasteiger partial charge < -0.3 is 14.7 Å². The van der Waals surface area contributed by atoms with Crippen molar-refractivity contribution in [1.82, 2.24) is 4.90 Å². The molecule has 13 rings (SSSR count). The Morgan fingerprint density at radius 3 is 2.21 bits per heavy atom. The van der Waals surface area contributed by atoms with Crippen molar-refractivity contribution in [2.24, 2.45) is 56.7 Å². The van der Waals surface area contributed by atoms with Crippen LogP contribution >= 0.6 is 0 Å². The molecule has 5 heteroatoms. The molecule has 11 aliphatic rings. The zero-order valence-corrected chi connectivity index (χ0v) is 31.1. The second kappa shape index (κ2) is 10.5. The molecule has 1 N–H and O–H groups in total. The van der Waals surface area contributed by atoms with Gasteiger partial charge in [0.15, 0.2) is 5.78 Å². The van der Waals surface area contributed by atoms with E-state index in [1.807, 2.05) is 36.4 Å². The topological polar surface area (TPSA) is 66.8 Å². The standard InChI is InChI=1S/C47H55NO4/c1-42-15-12-34(49)26-45(42)18-19-47(37(27-45)40(50)36-11-7-6-10-35(36)33-8-4-3-5-9-33)38(42)13-16-43(2)39(47)14-17-46(43)29-48(41(51)52-46)28-44-23-30-20-31(24-44)22-32(21-30)25-44/h3-11,18-19,27,30-32,34,38-39,49H,12-17,20-26,28-29H2,1-2H3/t30?,31?,32?,34-,38+,39+,42+,43-,44?,45-,46+,47+/m0/s1. The summed E-state index contributed by atoms with van der Waals surface area (Å²) in [4.78, 5) is 31.8. The predicted octanol–water partition coefficient (Wildman–Crippen LogP) is 9.80. The highest BCUT2D eigenvalue weighted by Gasteiger charge is 2.76. The highest BCUT2D eigenvalue weighted by Crippen LogP contribution is 2.79. The number of carbonyl (C=O) groups is 2. The Kier molecular flexibility index (Phi) is 6.53. The van der Waals surface area contributed by atoms with E-state index in [1.165, 1.54) is 38.5 Å². The fourth-order valence-electron chi connectivity index (χ4n) is 16.1. The van der Waals surface area contributed by atoms with Gasteiger partial charge in [0, 0.05) is 33.9 Å². The summed E-state index contributed by atoms with van der Waals surface area (Å²) in [5.74, 6) is 3.18. The summed E-state index contributed by atoms with van der Waals surface area (Å²) in [6, 6.07) is 18.5. The highest BCUT2D eigenvalue weighted by molar-refractivity contribution is 6.14. The number of ketones is 1. The summed E-state index contributed by atoms with van der Waals surface area (Å²) in [6.45, 7) is 6.48. The van der Waals surface area contributed by atoms with Gasteiger partial charge in [0.1, 0.15) is 5.60 Å². The number of nitrogens with zero attached hydrogens (tertiary/aromatic N) is 1. The number of hydrogen-bond acceptors (Lipinski definition) is 4. The van der Waals surface area contributed by atoms with Gasteiger partial charge in [-0.2, -0.15) is 0 Å². The third-order valence-corrected chi connectivity index (χ3v) is 17.9. The highest BCUT2D eigenvalue weighted by atomic mass is 16.6. The van der Waals surface area contributed by atoms with Gasteiger partial charge in [-0.05, 0) is 135 Å². The van der Waals surface area contributed by atoms with E-state index in [0.717, 1.165) is 85.1 Å². The number of aliphatic hydroxyl groups is 1. The van der Waals surface area contributed by atoms with Gasteiger partial charge in [-0.3, -0.25) is 4.79 Å². The molecule has 8 atom stereocenters. The summed E-state index contributed by atoms with van der Waals surface area (Å²) >= 11 is 0. The first-order valence-corrected chi connectivity index (χ1v) is 20.8. The number of hydrogen-bond donors (Lipinski definition) is 1. The molecule has 1 aliphatic heterocycles. The van der Waals surface area contributed by atoms with Crippen molar-refractivity contribution in [3.63, 3.8) is 0 Å². The Balaban J connectivity index is 0.995. The molecule has 0 radical (unpaired) electrons. The third kappa shape index (κ3) is 4.00. The molecule has 0 aromatic heterocycles. The summed E-state index contributed by atoms with van der Waals surface area (Å²) in [5, 5.41) is 11.2. The Morgan fingerprint density at radius 2 is 1.46 bits per heavy atom. The normalized spacial score (nSPS) is 47.6. The average Bonchev–Trinajstić information content (AvgIpc) is 3.60. The molecule has 6 bridgehead atoms. The summed E-state index contributed by atoms with van der Waals surface area (Å²) in [5.41, 5.74) is 2.39. The number of fused-ring (bicyclic) bond motifs is 2. The number of rotatable bonds is 5. The second-order valence-corrected chi connectivity index (χ2v) is 20.2. The number of ether oxygens (including phenoxy) is 1. The van der Waals surface area contributed by atoms with Crippen molar-refractivity contribution in [3.05, 3.63) is 84.0 Å². The van der Waals surface area contributed by atoms with Crippen LogP contribution in [-0.2, 0) is 4.74 Å². The largest absolute Gasteiger partial charge is 0.440 e. The van der Waals surface area contributed by atoms with E-state index in [-0.39, 0.29) is 45.6 Å². The first-order valence-electron chi connectivity index (χ1n) is 20.8. The maximum atomic E-state index is 15.5. The van der Waals surface area contributed by atoms with Crippen LogP contribution in [0.25, 0.3) is 11.1 Å². The molecule has 5 nitrogen and oxygen atoms in total. The second-order valence-electron chi connectivity index (χ2n) is 20.2. The Bertz CT molecular complexity index is 1900. The van der Waals surface area contributed by atoms with E-state index in [9.17, 15) is 9.90 Å². The lowest BCUT2D eigenvalue weighted by Gasteiger charge is -2.71. The monoisotopic (exact) mass is 697 g/mol. The molecule has 2 aromatic rings.